The molecule has 18 heavy (non-hydrogen) atoms. The largest absolute Gasteiger partial charge is 0.381 e. The summed E-state index contributed by atoms with van der Waals surface area (Å²) in [4.78, 5) is 10.6. The standard InChI is InChI=1S/C13H19N3O2/c1-10-12(6-4-7-13(10)16(17)18)15-11-5-2-3-8-14-9-11/h4,6-7,11,14-15H,2-3,5,8-9H2,1H3. The normalized spacial score (nSPS) is 20.2. The van der Waals surface area contributed by atoms with Crippen molar-refractivity contribution in [1.82, 2.24) is 5.32 Å². The minimum Gasteiger partial charge on any atom is -0.381 e. The van der Waals surface area contributed by atoms with Crippen LogP contribution in [0.2, 0.25) is 0 Å². The molecule has 1 aliphatic rings. The van der Waals surface area contributed by atoms with Crippen molar-refractivity contribution in [2.24, 2.45) is 0 Å². The molecule has 0 aromatic heterocycles. The lowest BCUT2D eigenvalue weighted by Crippen LogP contribution is -2.31. The molecule has 0 aliphatic carbocycles. The Morgan fingerprint density at radius 2 is 2.28 bits per heavy atom. The average Bonchev–Trinajstić information content (AvgIpc) is 2.60. The molecule has 2 N–H and O–H groups in total. The quantitative estimate of drug-likeness (QED) is 0.638. The van der Waals surface area contributed by atoms with Crippen molar-refractivity contribution < 1.29 is 4.92 Å². The Morgan fingerprint density at radius 3 is 3.06 bits per heavy atom. The highest BCUT2D eigenvalue weighted by Gasteiger charge is 2.16. The summed E-state index contributed by atoms with van der Waals surface area (Å²) in [7, 11) is 0. The van der Waals surface area contributed by atoms with E-state index in [9.17, 15) is 10.1 Å². The zero-order valence-electron chi connectivity index (χ0n) is 10.6. The minimum absolute atomic E-state index is 0.182. The van der Waals surface area contributed by atoms with Crippen LogP contribution in [0.15, 0.2) is 18.2 Å². The summed E-state index contributed by atoms with van der Waals surface area (Å²) in [6.07, 6.45) is 3.50. The molecule has 1 saturated heterocycles. The van der Waals surface area contributed by atoms with E-state index in [4.69, 9.17) is 0 Å². The van der Waals surface area contributed by atoms with Crippen LogP contribution in [0, 0.1) is 17.0 Å². The van der Waals surface area contributed by atoms with E-state index in [1.54, 1.807) is 19.1 Å². The molecule has 1 aromatic carbocycles. The fourth-order valence-electron chi connectivity index (χ4n) is 2.34. The van der Waals surface area contributed by atoms with Crippen LogP contribution in [0.5, 0.6) is 0 Å². The predicted molar refractivity (Wildman–Crippen MR) is 72.0 cm³/mol. The molecule has 0 saturated carbocycles. The summed E-state index contributed by atoms with van der Waals surface area (Å²) in [5, 5.41) is 17.7. The highest BCUT2D eigenvalue weighted by molar-refractivity contribution is 5.60. The van der Waals surface area contributed by atoms with Gasteiger partial charge >= 0.3 is 0 Å². The van der Waals surface area contributed by atoms with E-state index in [1.165, 1.54) is 12.8 Å². The zero-order chi connectivity index (χ0) is 13.0. The lowest BCUT2D eigenvalue weighted by atomic mass is 10.1. The summed E-state index contributed by atoms with van der Waals surface area (Å²) in [5.74, 6) is 0. The molecule has 1 fully saturated rings. The maximum Gasteiger partial charge on any atom is 0.274 e. The Bertz CT molecular complexity index is 426. The number of nitro benzene ring substituents is 1. The minimum atomic E-state index is -0.328. The van der Waals surface area contributed by atoms with E-state index < -0.39 is 0 Å². The van der Waals surface area contributed by atoms with Gasteiger partial charge in [0.2, 0.25) is 0 Å². The van der Waals surface area contributed by atoms with Crippen molar-refractivity contribution in [3.05, 3.63) is 33.9 Å². The first kappa shape index (κ1) is 12.8. The number of nitrogens with zero attached hydrogens (tertiary/aromatic N) is 1. The van der Waals surface area contributed by atoms with Gasteiger partial charge in [-0.15, -0.1) is 0 Å². The molecule has 0 radical (unpaired) electrons. The Hall–Kier alpha value is -1.62. The number of anilines is 1. The third kappa shape index (κ3) is 2.98. The third-order valence-electron chi connectivity index (χ3n) is 3.41. The average molecular weight is 249 g/mol. The Morgan fingerprint density at radius 1 is 1.44 bits per heavy atom. The van der Waals surface area contributed by atoms with Gasteiger partial charge in [-0.05, 0) is 32.4 Å². The maximum atomic E-state index is 10.9. The van der Waals surface area contributed by atoms with Crippen LogP contribution < -0.4 is 10.6 Å². The molecule has 1 heterocycles. The predicted octanol–water partition coefficient (Wildman–Crippen LogP) is 2.46. The zero-order valence-corrected chi connectivity index (χ0v) is 10.6. The molecule has 0 bridgehead atoms. The van der Waals surface area contributed by atoms with Crippen molar-refractivity contribution >= 4 is 11.4 Å². The summed E-state index contributed by atoms with van der Waals surface area (Å²) < 4.78 is 0. The first-order valence-corrected chi connectivity index (χ1v) is 6.40. The number of hydrogen-bond acceptors (Lipinski definition) is 4. The van der Waals surface area contributed by atoms with E-state index >= 15 is 0 Å². The van der Waals surface area contributed by atoms with Crippen LogP contribution >= 0.6 is 0 Å². The van der Waals surface area contributed by atoms with Gasteiger partial charge in [-0.3, -0.25) is 10.1 Å². The highest BCUT2D eigenvalue weighted by atomic mass is 16.6. The molecule has 1 unspecified atom stereocenters. The van der Waals surface area contributed by atoms with Crippen molar-refractivity contribution in [2.45, 2.75) is 32.2 Å². The van der Waals surface area contributed by atoms with Crippen molar-refractivity contribution in [1.29, 1.82) is 0 Å². The SMILES string of the molecule is Cc1c(NC2CCCCNC2)cccc1[N+](=O)[O-]. The smallest absolute Gasteiger partial charge is 0.274 e. The monoisotopic (exact) mass is 249 g/mol. The van der Waals surface area contributed by atoms with E-state index in [1.807, 2.05) is 6.07 Å². The van der Waals surface area contributed by atoms with E-state index in [0.29, 0.717) is 11.6 Å². The van der Waals surface area contributed by atoms with Crippen LogP contribution in [0.4, 0.5) is 11.4 Å². The fourth-order valence-corrected chi connectivity index (χ4v) is 2.34. The molecule has 1 atom stereocenters. The van der Waals surface area contributed by atoms with Gasteiger partial charge in [0.1, 0.15) is 0 Å². The molecule has 5 heteroatoms. The molecule has 2 rings (SSSR count). The number of nitro groups is 1. The van der Waals surface area contributed by atoms with Gasteiger partial charge in [0.15, 0.2) is 0 Å². The second-order valence-electron chi connectivity index (χ2n) is 4.75. The third-order valence-corrected chi connectivity index (χ3v) is 3.41. The number of benzene rings is 1. The second kappa shape index (κ2) is 5.82. The Kier molecular flexibility index (Phi) is 4.15. The summed E-state index contributed by atoms with van der Waals surface area (Å²) in [6.45, 7) is 3.78. The lowest BCUT2D eigenvalue weighted by Gasteiger charge is -2.19. The second-order valence-corrected chi connectivity index (χ2v) is 4.75. The molecular formula is C13H19N3O2. The first-order chi connectivity index (χ1) is 8.68. The number of rotatable bonds is 3. The van der Waals surface area contributed by atoms with Gasteiger partial charge in [0.25, 0.3) is 5.69 Å². The van der Waals surface area contributed by atoms with Crippen molar-refractivity contribution in [3.63, 3.8) is 0 Å². The molecular weight excluding hydrogens is 230 g/mol. The van der Waals surface area contributed by atoms with Crippen LogP contribution in [0.25, 0.3) is 0 Å². The van der Waals surface area contributed by atoms with Gasteiger partial charge in [-0.2, -0.15) is 0 Å². The van der Waals surface area contributed by atoms with E-state index in [0.717, 1.165) is 25.2 Å². The van der Waals surface area contributed by atoms with E-state index in [-0.39, 0.29) is 10.6 Å². The van der Waals surface area contributed by atoms with Crippen LogP contribution in [-0.4, -0.2) is 24.1 Å². The van der Waals surface area contributed by atoms with Crippen molar-refractivity contribution in [2.75, 3.05) is 18.4 Å². The summed E-state index contributed by atoms with van der Waals surface area (Å²) >= 11 is 0. The molecule has 0 amide bonds. The number of nitrogens with one attached hydrogen (secondary N) is 2. The highest BCUT2D eigenvalue weighted by Crippen LogP contribution is 2.26. The van der Waals surface area contributed by atoms with Crippen LogP contribution in [0.3, 0.4) is 0 Å². The van der Waals surface area contributed by atoms with E-state index in [2.05, 4.69) is 10.6 Å². The molecule has 1 aliphatic heterocycles. The first-order valence-electron chi connectivity index (χ1n) is 6.40. The maximum absolute atomic E-state index is 10.9. The molecule has 98 valence electrons. The van der Waals surface area contributed by atoms with Gasteiger partial charge in [0.05, 0.1) is 4.92 Å². The van der Waals surface area contributed by atoms with Gasteiger partial charge < -0.3 is 10.6 Å². The van der Waals surface area contributed by atoms with Crippen LogP contribution in [-0.2, 0) is 0 Å². The molecule has 1 aromatic rings. The fraction of sp³-hybridized carbons (Fsp3) is 0.538. The molecule has 5 nitrogen and oxygen atoms in total. The van der Waals surface area contributed by atoms with Gasteiger partial charge in [-0.1, -0.05) is 12.5 Å². The lowest BCUT2D eigenvalue weighted by molar-refractivity contribution is -0.385. The van der Waals surface area contributed by atoms with Gasteiger partial charge in [0, 0.05) is 29.9 Å². The van der Waals surface area contributed by atoms with Crippen LogP contribution in [0.1, 0.15) is 24.8 Å². The Labute approximate surface area is 107 Å². The topological polar surface area (TPSA) is 67.2 Å². The summed E-state index contributed by atoms with van der Waals surface area (Å²) in [5.41, 5.74) is 1.77. The van der Waals surface area contributed by atoms with Gasteiger partial charge in [-0.25, -0.2) is 0 Å². The number of hydrogen-bond donors (Lipinski definition) is 2. The van der Waals surface area contributed by atoms with Crippen molar-refractivity contribution in [3.8, 4) is 0 Å². The molecule has 0 spiro atoms. The summed E-state index contributed by atoms with van der Waals surface area (Å²) in [6, 6.07) is 5.55. The Balaban J connectivity index is 2.13.